The van der Waals surface area contributed by atoms with Crippen LogP contribution in [-0.4, -0.2) is 42.9 Å². The molecule has 0 rings (SSSR count). The Hall–Kier alpha value is -0.810. The van der Waals surface area contributed by atoms with Crippen molar-refractivity contribution in [1.29, 1.82) is 0 Å². The van der Waals surface area contributed by atoms with Crippen LogP contribution in [0.1, 0.15) is 55.4 Å². The number of hydrogen-bond donors (Lipinski definition) is 3. The minimum atomic E-state index is -0.457. The lowest BCUT2D eigenvalue weighted by Gasteiger charge is -2.26. The van der Waals surface area contributed by atoms with E-state index in [-0.39, 0.29) is 17.7 Å². The van der Waals surface area contributed by atoms with Crippen LogP contribution in [0.25, 0.3) is 0 Å². The first-order chi connectivity index (χ1) is 9.41. The first kappa shape index (κ1) is 20.2. The molecule has 0 aromatic heterocycles. The lowest BCUT2D eigenvalue weighted by Crippen LogP contribution is -2.48. The van der Waals surface area contributed by atoms with Crippen LogP contribution in [0.15, 0.2) is 0 Å². The highest BCUT2D eigenvalue weighted by Crippen LogP contribution is 2.07. The van der Waals surface area contributed by atoms with Gasteiger partial charge in [0.2, 0.25) is 0 Å². The summed E-state index contributed by atoms with van der Waals surface area (Å²) in [5.41, 5.74) is -0.328. The Labute approximate surface area is 130 Å². The summed E-state index contributed by atoms with van der Waals surface area (Å²) in [4.78, 5) is 11.7. The lowest BCUT2D eigenvalue weighted by molar-refractivity contribution is 0.0519. The van der Waals surface area contributed by atoms with Gasteiger partial charge in [0.25, 0.3) is 0 Å². The molecular formula is C16H35N3O2. The second-order valence-electron chi connectivity index (χ2n) is 7.86. The molecular weight excluding hydrogens is 266 g/mol. The molecule has 5 heteroatoms. The summed E-state index contributed by atoms with van der Waals surface area (Å²) in [6.45, 7) is 18.7. The first-order valence-corrected chi connectivity index (χ1v) is 7.86. The average Bonchev–Trinajstić information content (AvgIpc) is 2.23. The molecule has 3 N–H and O–H groups in total. The summed E-state index contributed by atoms with van der Waals surface area (Å²) >= 11 is 0. The number of carbonyl (C=O) groups is 1. The van der Waals surface area contributed by atoms with Gasteiger partial charge in [0.05, 0.1) is 0 Å². The molecule has 0 aliphatic carbocycles. The first-order valence-electron chi connectivity index (χ1n) is 7.86. The number of ether oxygens (including phenoxy) is 1. The van der Waals surface area contributed by atoms with E-state index in [1.807, 2.05) is 20.8 Å². The minimum Gasteiger partial charge on any atom is -0.444 e. The van der Waals surface area contributed by atoms with Crippen molar-refractivity contribution in [3.05, 3.63) is 0 Å². The van der Waals surface area contributed by atoms with Gasteiger partial charge in [-0.25, -0.2) is 4.79 Å². The van der Waals surface area contributed by atoms with Crippen LogP contribution in [0.2, 0.25) is 0 Å². The fraction of sp³-hybridized carbons (Fsp3) is 0.938. The molecule has 0 aromatic carbocycles. The molecule has 1 amide bonds. The lowest BCUT2D eigenvalue weighted by atomic mass is 10.0. The molecule has 0 heterocycles. The third kappa shape index (κ3) is 12.6. The molecule has 0 aliphatic heterocycles. The molecule has 0 radical (unpaired) electrons. The maximum absolute atomic E-state index is 11.7. The van der Waals surface area contributed by atoms with E-state index in [1.54, 1.807) is 0 Å². The van der Waals surface area contributed by atoms with Gasteiger partial charge < -0.3 is 20.7 Å². The quantitative estimate of drug-likeness (QED) is 0.632. The summed E-state index contributed by atoms with van der Waals surface area (Å²) in [5.74, 6) is 0.439. The van der Waals surface area contributed by atoms with Gasteiger partial charge in [0.15, 0.2) is 0 Å². The van der Waals surface area contributed by atoms with E-state index in [0.717, 1.165) is 13.1 Å². The molecule has 0 spiro atoms. The highest BCUT2D eigenvalue weighted by atomic mass is 16.6. The van der Waals surface area contributed by atoms with Crippen molar-refractivity contribution in [2.24, 2.45) is 5.92 Å². The van der Waals surface area contributed by atoms with E-state index >= 15 is 0 Å². The van der Waals surface area contributed by atoms with Crippen LogP contribution in [0, 0.1) is 5.92 Å². The van der Waals surface area contributed by atoms with Gasteiger partial charge in [-0.1, -0.05) is 13.8 Å². The van der Waals surface area contributed by atoms with Crippen LogP contribution in [0.3, 0.4) is 0 Å². The van der Waals surface area contributed by atoms with Crippen molar-refractivity contribution < 1.29 is 9.53 Å². The molecule has 1 atom stereocenters. The van der Waals surface area contributed by atoms with Crippen LogP contribution in [0.5, 0.6) is 0 Å². The van der Waals surface area contributed by atoms with Crippen molar-refractivity contribution in [2.75, 3.05) is 19.6 Å². The van der Waals surface area contributed by atoms with Crippen LogP contribution < -0.4 is 16.0 Å². The maximum atomic E-state index is 11.7. The van der Waals surface area contributed by atoms with Crippen LogP contribution >= 0.6 is 0 Å². The smallest absolute Gasteiger partial charge is 0.407 e. The van der Waals surface area contributed by atoms with Crippen molar-refractivity contribution in [1.82, 2.24) is 16.0 Å². The minimum absolute atomic E-state index is 0.129. The van der Waals surface area contributed by atoms with Gasteiger partial charge in [-0.15, -0.1) is 0 Å². The van der Waals surface area contributed by atoms with Crippen molar-refractivity contribution in [3.63, 3.8) is 0 Å². The van der Waals surface area contributed by atoms with Gasteiger partial charge in [0, 0.05) is 31.2 Å². The predicted octanol–water partition coefficient (Wildman–Crippen LogP) is 2.51. The van der Waals surface area contributed by atoms with Gasteiger partial charge in [-0.05, 0) is 47.5 Å². The topological polar surface area (TPSA) is 62.4 Å². The summed E-state index contributed by atoms with van der Waals surface area (Å²) in [6.07, 6.45) is -0.359. The third-order valence-electron chi connectivity index (χ3n) is 2.86. The molecule has 0 aromatic rings. The Morgan fingerprint density at radius 3 is 2.05 bits per heavy atom. The molecule has 0 bridgehead atoms. The van der Waals surface area contributed by atoms with Gasteiger partial charge in [0.1, 0.15) is 5.60 Å². The number of hydrogen-bond acceptors (Lipinski definition) is 4. The summed E-state index contributed by atoms with van der Waals surface area (Å²) < 4.78 is 5.25. The summed E-state index contributed by atoms with van der Waals surface area (Å²) in [7, 11) is 0. The molecule has 0 aliphatic rings. The standard InChI is InChI=1S/C16H35N3O2/c1-12(2)13(17-9-10-19-15(3,4)5)11-18-14(20)21-16(6,7)8/h12-13,17,19H,9-11H2,1-8H3,(H,18,20). The van der Waals surface area contributed by atoms with Gasteiger partial charge in [-0.2, -0.15) is 0 Å². The van der Waals surface area contributed by atoms with E-state index < -0.39 is 5.60 Å². The van der Waals surface area contributed by atoms with Crippen LogP contribution in [0.4, 0.5) is 4.79 Å². The zero-order chi connectivity index (χ0) is 16.7. The normalized spacial score (nSPS) is 14.1. The number of amides is 1. The zero-order valence-electron chi connectivity index (χ0n) is 15.1. The Bertz CT molecular complexity index is 304. The number of rotatable bonds is 7. The predicted molar refractivity (Wildman–Crippen MR) is 88.6 cm³/mol. The van der Waals surface area contributed by atoms with E-state index in [4.69, 9.17) is 4.74 Å². The highest BCUT2D eigenvalue weighted by Gasteiger charge is 2.18. The molecule has 1 unspecified atom stereocenters. The number of alkyl carbamates (subject to hydrolysis) is 1. The van der Waals surface area contributed by atoms with E-state index in [9.17, 15) is 4.79 Å². The Morgan fingerprint density at radius 2 is 1.62 bits per heavy atom. The number of nitrogens with one attached hydrogen (secondary N) is 3. The monoisotopic (exact) mass is 301 g/mol. The van der Waals surface area contributed by atoms with Gasteiger partial charge in [-0.3, -0.25) is 0 Å². The molecule has 0 saturated carbocycles. The highest BCUT2D eigenvalue weighted by molar-refractivity contribution is 5.67. The molecule has 0 fully saturated rings. The fourth-order valence-corrected chi connectivity index (χ4v) is 1.75. The number of carbonyl (C=O) groups excluding carboxylic acids is 1. The van der Waals surface area contributed by atoms with Crippen molar-refractivity contribution in [3.8, 4) is 0 Å². The fourth-order valence-electron chi connectivity index (χ4n) is 1.75. The largest absolute Gasteiger partial charge is 0.444 e. The molecule has 5 nitrogen and oxygen atoms in total. The summed E-state index contributed by atoms with van der Waals surface area (Å²) in [6, 6.07) is 0.235. The molecule has 126 valence electrons. The van der Waals surface area contributed by atoms with Gasteiger partial charge >= 0.3 is 6.09 Å². The second kappa shape index (κ2) is 8.59. The average molecular weight is 301 g/mol. The Kier molecular flexibility index (Phi) is 8.26. The maximum Gasteiger partial charge on any atom is 0.407 e. The SMILES string of the molecule is CC(C)C(CNC(=O)OC(C)(C)C)NCCNC(C)(C)C. The molecule has 0 saturated heterocycles. The third-order valence-corrected chi connectivity index (χ3v) is 2.86. The Balaban J connectivity index is 4.06. The zero-order valence-corrected chi connectivity index (χ0v) is 15.1. The van der Waals surface area contributed by atoms with E-state index in [2.05, 4.69) is 50.6 Å². The van der Waals surface area contributed by atoms with Crippen LogP contribution in [-0.2, 0) is 4.74 Å². The van der Waals surface area contributed by atoms with Crippen molar-refractivity contribution in [2.45, 2.75) is 72.6 Å². The van der Waals surface area contributed by atoms with E-state index in [1.165, 1.54) is 0 Å². The summed E-state index contributed by atoms with van der Waals surface area (Å²) in [5, 5.41) is 9.75. The van der Waals surface area contributed by atoms with Crippen molar-refractivity contribution >= 4 is 6.09 Å². The molecule has 21 heavy (non-hydrogen) atoms. The Morgan fingerprint density at radius 1 is 1.05 bits per heavy atom. The second-order valence-corrected chi connectivity index (χ2v) is 7.86. The van der Waals surface area contributed by atoms with E-state index in [0.29, 0.717) is 12.5 Å².